The Morgan fingerprint density at radius 2 is 1.93 bits per heavy atom. The van der Waals surface area contributed by atoms with Crippen LogP contribution >= 0.6 is 15.9 Å². The average Bonchev–Trinajstić information content (AvgIpc) is 2.17. The van der Waals surface area contributed by atoms with Gasteiger partial charge in [0.05, 0.1) is 0 Å². The van der Waals surface area contributed by atoms with Crippen molar-refractivity contribution in [3.63, 3.8) is 0 Å². The van der Waals surface area contributed by atoms with Crippen LogP contribution in [0.25, 0.3) is 10.8 Å². The van der Waals surface area contributed by atoms with Crippen molar-refractivity contribution in [1.29, 1.82) is 0 Å². The van der Waals surface area contributed by atoms with Gasteiger partial charge in [0.2, 0.25) is 0 Å². The number of halogens is 1. The van der Waals surface area contributed by atoms with E-state index < -0.39 is 0 Å². The van der Waals surface area contributed by atoms with Gasteiger partial charge >= 0.3 is 0 Å². The molecule has 0 aliphatic rings. The van der Waals surface area contributed by atoms with Crippen molar-refractivity contribution in [3.05, 3.63) is 46.4 Å². The zero-order valence-electron chi connectivity index (χ0n) is 7.75. The maximum atomic E-state index is 11.2. The van der Waals surface area contributed by atoms with Crippen LogP contribution in [-0.4, -0.2) is 5.78 Å². The van der Waals surface area contributed by atoms with Gasteiger partial charge in [-0.1, -0.05) is 40.2 Å². The van der Waals surface area contributed by atoms with E-state index in [-0.39, 0.29) is 5.78 Å². The summed E-state index contributed by atoms with van der Waals surface area (Å²) in [5.74, 6) is 0.0939. The Morgan fingerprint density at radius 3 is 2.64 bits per heavy atom. The lowest BCUT2D eigenvalue weighted by atomic mass is 10.1. The number of fused-ring (bicyclic) bond motifs is 1. The Balaban J connectivity index is 2.78. The van der Waals surface area contributed by atoms with Gasteiger partial charge in [-0.25, -0.2) is 0 Å². The van der Waals surface area contributed by atoms with Gasteiger partial charge in [-0.05, 0) is 29.8 Å². The van der Waals surface area contributed by atoms with E-state index in [0.29, 0.717) is 0 Å². The lowest BCUT2D eigenvalue weighted by Gasteiger charge is -2.03. The minimum atomic E-state index is 0.0939. The Labute approximate surface area is 90.9 Å². The van der Waals surface area contributed by atoms with Gasteiger partial charge in [-0.15, -0.1) is 0 Å². The summed E-state index contributed by atoms with van der Waals surface area (Å²) in [6.07, 6.45) is 0. The molecular weight excluding hydrogens is 240 g/mol. The molecule has 0 aromatic heterocycles. The van der Waals surface area contributed by atoms with Crippen LogP contribution in [-0.2, 0) is 0 Å². The molecule has 0 unspecified atom stereocenters. The fraction of sp³-hybridized carbons (Fsp3) is 0.0833. The predicted molar refractivity (Wildman–Crippen MR) is 61.7 cm³/mol. The van der Waals surface area contributed by atoms with Gasteiger partial charge < -0.3 is 0 Å². The molecule has 0 saturated heterocycles. The fourth-order valence-corrected chi connectivity index (χ4v) is 2.07. The third kappa shape index (κ3) is 1.58. The highest BCUT2D eigenvalue weighted by Crippen LogP contribution is 2.25. The normalized spacial score (nSPS) is 10.4. The lowest BCUT2D eigenvalue weighted by Crippen LogP contribution is -1.91. The first-order chi connectivity index (χ1) is 6.68. The Morgan fingerprint density at radius 1 is 1.21 bits per heavy atom. The molecule has 0 aliphatic carbocycles. The summed E-state index contributed by atoms with van der Waals surface area (Å²) in [7, 11) is 0. The van der Waals surface area contributed by atoms with Crippen LogP contribution in [0.5, 0.6) is 0 Å². The number of hydrogen-bond donors (Lipinski definition) is 0. The quantitative estimate of drug-likeness (QED) is 0.702. The third-order valence-corrected chi connectivity index (χ3v) is 2.87. The van der Waals surface area contributed by atoms with Gasteiger partial charge in [0.25, 0.3) is 0 Å². The van der Waals surface area contributed by atoms with Gasteiger partial charge in [0, 0.05) is 10.0 Å². The summed E-state index contributed by atoms with van der Waals surface area (Å²) in [5.41, 5.74) is 0.746. The summed E-state index contributed by atoms with van der Waals surface area (Å²) in [6.45, 7) is 1.58. The van der Waals surface area contributed by atoms with Crippen LogP contribution in [0, 0.1) is 0 Å². The average molecular weight is 249 g/mol. The van der Waals surface area contributed by atoms with Crippen LogP contribution in [0.2, 0.25) is 0 Å². The Bertz CT molecular complexity index is 503. The van der Waals surface area contributed by atoms with Gasteiger partial charge in [0.15, 0.2) is 5.78 Å². The van der Waals surface area contributed by atoms with E-state index in [2.05, 4.69) is 15.9 Å². The molecule has 2 rings (SSSR count). The fourth-order valence-electron chi connectivity index (χ4n) is 1.47. The van der Waals surface area contributed by atoms with Crippen molar-refractivity contribution in [2.75, 3.05) is 0 Å². The van der Waals surface area contributed by atoms with Crippen molar-refractivity contribution in [2.24, 2.45) is 0 Å². The Hall–Kier alpha value is -1.15. The van der Waals surface area contributed by atoms with Crippen molar-refractivity contribution in [2.45, 2.75) is 6.92 Å². The van der Waals surface area contributed by atoms with E-state index in [1.54, 1.807) is 6.92 Å². The molecule has 0 atom stereocenters. The van der Waals surface area contributed by atoms with Crippen molar-refractivity contribution in [3.8, 4) is 0 Å². The van der Waals surface area contributed by atoms with Crippen molar-refractivity contribution in [1.82, 2.24) is 0 Å². The second-order valence-electron chi connectivity index (χ2n) is 3.24. The molecular formula is C12H9BrO. The standard InChI is InChI=1S/C12H9BrO/c1-8(14)10-6-9-4-2-3-5-11(9)12(13)7-10/h2-7H,1H3. The number of carbonyl (C=O) groups excluding carboxylic acids is 1. The number of ketones is 1. The number of rotatable bonds is 1. The zero-order valence-corrected chi connectivity index (χ0v) is 9.34. The predicted octanol–water partition coefficient (Wildman–Crippen LogP) is 3.80. The number of Topliss-reactive ketones (excluding diaryl/α,β-unsaturated/α-hetero) is 1. The smallest absolute Gasteiger partial charge is 0.159 e. The highest BCUT2D eigenvalue weighted by Gasteiger charge is 2.04. The molecule has 0 spiro atoms. The lowest BCUT2D eigenvalue weighted by molar-refractivity contribution is 0.101. The SMILES string of the molecule is CC(=O)c1cc(Br)c2ccccc2c1. The number of benzene rings is 2. The maximum absolute atomic E-state index is 11.2. The molecule has 0 saturated carbocycles. The number of carbonyl (C=O) groups is 1. The van der Waals surface area contributed by atoms with Gasteiger partial charge in [-0.3, -0.25) is 4.79 Å². The van der Waals surface area contributed by atoms with Gasteiger partial charge in [0.1, 0.15) is 0 Å². The molecule has 0 fully saturated rings. The van der Waals surface area contributed by atoms with Crippen LogP contribution in [0.3, 0.4) is 0 Å². The van der Waals surface area contributed by atoms with E-state index in [9.17, 15) is 4.79 Å². The molecule has 2 aromatic carbocycles. The van der Waals surface area contributed by atoms with Crippen molar-refractivity contribution < 1.29 is 4.79 Å². The molecule has 0 amide bonds. The van der Waals surface area contributed by atoms with Crippen LogP contribution in [0.4, 0.5) is 0 Å². The monoisotopic (exact) mass is 248 g/mol. The zero-order chi connectivity index (χ0) is 10.1. The second-order valence-corrected chi connectivity index (χ2v) is 4.09. The molecule has 0 bridgehead atoms. The molecule has 14 heavy (non-hydrogen) atoms. The van der Waals surface area contributed by atoms with Crippen LogP contribution in [0.15, 0.2) is 40.9 Å². The molecule has 2 aromatic rings. The summed E-state index contributed by atoms with van der Waals surface area (Å²) in [4.78, 5) is 11.2. The first kappa shape index (κ1) is 9.41. The molecule has 0 N–H and O–H groups in total. The largest absolute Gasteiger partial charge is 0.295 e. The topological polar surface area (TPSA) is 17.1 Å². The summed E-state index contributed by atoms with van der Waals surface area (Å²) >= 11 is 3.46. The highest BCUT2D eigenvalue weighted by atomic mass is 79.9. The second kappa shape index (κ2) is 3.54. The molecule has 0 aliphatic heterocycles. The molecule has 0 radical (unpaired) electrons. The molecule has 70 valence electrons. The van der Waals surface area contributed by atoms with Crippen LogP contribution in [0.1, 0.15) is 17.3 Å². The minimum Gasteiger partial charge on any atom is -0.295 e. The summed E-state index contributed by atoms with van der Waals surface area (Å²) < 4.78 is 0.973. The first-order valence-electron chi connectivity index (χ1n) is 4.38. The van der Waals surface area contributed by atoms with E-state index in [0.717, 1.165) is 20.8 Å². The van der Waals surface area contributed by atoms with E-state index >= 15 is 0 Å². The van der Waals surface area contributed by atoms with Gasteiger partial charge in [-0.2, -0.15) is 0 Å². The van der Waals surface area contributed by atoms with Crippen molar-refractivity contribution >= 4 is 32.5 Å². The third-order valence-electron chi connectivity index (χ3n) is 2.22. The highest BCUT2D eigenvalue weighted by molar-refractivity contribution is 9.10. The van der Waals surface area contributed by atoms with E-state index in [1.165, 1.54) is 0 Å². The summed E-state index contributed by atoms with van der Waals surface area (Å²) in [5, 5.41) is 2.23. The molecule has 1 nitrogen and oxygen atoms in total. The Kier molecular flexibility index (Phi) is 2.38. The van der Waals surface area contributed by atoms with E-state index in [4.69, 9.17) is 0 Å². The minimum absolute atomic E-state index is 0.0939. The maximum Gasteiger partial charge on any atom is 0.159 e. The van der Waals surface area contributed by atoms with E-state index in [1.807, 2.05) is 36.4 Å². The molecule has 2 heteroatoms. The first-order valence-corrected chi connectivity index (χ1v) is 5.17. The van der Waals surface area contributed by atoms with Crippen LogP contribution < -0.4 is 0 Å². The summed E-state index contributed by atoms with van der Waals surface area (Å²) in [6, 6.07) is 11.8. The number of hydrogen-bond acceptors (Lipinski definition) is 1. The molecule has 0 heterocycles.